The fourth-order valence-corrected chi connectivity index (χ4v) is 1.66. The van der Waals surface area contributed by atoms with Crippen LogP contribution in [0.2, 0.25) is 0 Å². The van der Waals surface area contributed by atoms with Gasteiger partial charge >= 0.3 is 0 Å². The third-order valence-corrected chi connectivity index (χ3v) is 2.85. The quantitative estimate of drug-likeness (QED) is 0.806. The van der Waals surface area contributed by atoms with E-state index in [1.54, 1.807) is 11.8 Å². The van der Waals surface area contributed by atoms with Crippen molar-refractivity contribution in [3.63, 3.8) is 0 Å². The first-order valence-electron chi connectivity index (χ1n) is 4.70. The molecule has 1 aromatic rings. The van der Waals surface area contributed by atoms with Gasteiger partial charge in [-0.2, -0.15) is 11.8 Å². The van der Waals surface area contributed by atoms with Crippen molar-refractivity contribution in [3.05, 3.63) is 29.8 Å². The van der Waals surface area contributed by atoms with Gasteiger partial charge in [-0.1, -0.05) is 12.1 Å². The van der Waals surface area contributed by atoms with Crippen LogP contribution in [0.1, 0.15) is 12.0 Å². The molecule has 0 saturated heterocycles. The van der Waals surface area contributed by atoms with E-state index >= 15 is 0 Å². The van der Waals surface area contributed by atoms with Crippen LogP contribution in [0, 0.1) is 0 Å². The number of benzene rings is 1. The molecule has 0 aliphatic heterocycles. The average molecular weight is 244 g/mol. The van der Waals surface area contributed by atoms with Crippen LogP contribution in [-0.2, 0) is 10.7 Å². The fraction of sp³-hybridized carbons (Fsp3) is 0.364. The first-order chi connectivity index (χ1) is 7.26. The van der Waals surface area contributed by atoms with Crippen LogP contribution in [0.5, 0.6) is 0 Å². The molecule has 0 aliphatic carbocycles. The number of nitrogens with one attached hydrogen (secondary N) is 1. The summed E-state index contributed by atoms with van der Waals surface area (Å²) in [5, 5.41) is 2.83. The van der Waals surface area contributed by atoms with E-state index in [0.717, 1.165) is 17.0 Å². The van der Waals surface area contributed by atoms with Crippen molar-refractivity contribution in [2.75, 3.05) is 17.3 Å². The summed E-state index contributed by atoms with van der Waals surface area (Å²) in [7, 11) is 0. The Morgan fingerprint density at radius 2 is 2.07 bits per heavy atom. The lowest BCUT2D eigenvalue weighted by molar-refractivity contribution is -0.115. The Morgan fingerprint density at radius 1 is 1.40 bits per heavy atom. The lowest BCUT2D eigenvalue weighted by atomic mass is 10.2. The summed E-state index contributed by atoms with van der Waals surface area (Å²) in [5.74, 6) is 1.41. The summed E-state index contributed by atoms with van der Waals surface area (Å²) >= 11 is 7.33. The number of hydrogen-bond donors (Lipinski definition) is 1. The van der Waals surface area contributed by atoms with Gasteiger partial charge in [-0.25, -0.2) is 0 Å². The van der Waals surface area contributed by atoms with Crippen molar-refractivity contribution >= 4 is 35.0 Å². The molecule has 15 heavy (non-hydrogen) atoms. The van der Waals surface area contributed by atoms with E-state index in [1.807, 2.05) is 30.5 Å². The number of alkyl halides is 1. The molecule has 82 valence electrons. The molecule has 0 spiro atoms. The standard InChI is InChI=1S/C11H14ClNOS/c1-15-7-6-11(14)13-10-4-2-9(8-12)3-5-10/h2-5H,6-8H2,1H3,(H,13,14). The van der Waals surface area contributed by atoms with Crippen molar-refractivity contribution < 1.29 is 4.79 Å². The summed E-state index contributed by atoms with van der Waals surface area (Å²) in [6.45, 7) is 0. The Hall–Kier alpha value is -0.670. The fourth-order valence-electron chi connectivity index (χ4n) is 1.10. The molecule has 0 fully saturated rings. The van der Waals surface area contributed by atoms with Crippen LogP contribution >= 0.6 is 23.4 Å². The molecule has 0 radical (unpaired) electrons. The van der Waals surface area contributed by atoms with Gasteiger partial charge in [0.2, 0.25) is 5.91 Å². The van der Waals surface area contributed by atoms with Gasteiger partial charge in [-0.05, 0) is 24.0 Å². The van der Waals surface area contributed by atoms with Crippen LogP contribution < -0.4 is 5.32 Å². The molecular weight excluding hydrogens is 230 g/mol. The minimum absolute atomic E-state index is 0.0583. The molecular formula is C11H14ClNOS. The van der Waals surface area contributed by atoms with Gasteiger partial charge < -0.3 is 5.32 Å². The molecule has 0 aromatic heterocycles. The molecule has 1 aromatic carbocycles. The zero-order valence-corrected chi connectivity index (χ0v) is 10.2. The number of rotatable bonds is 5. The molecule has 1 amide bonds. The van der Waals surface area contributed by atoms with E-state index in [2.05, 4.69) is 5.32 Å². The SMILES string of the molecule is CSCCC(=O)Nc1ccc(CCl)cc1. The maximum atomic E-state index is 11.4. The summed E-state index contributed by atoms with van der Waals surface area (Å²) < 4.78 is 0. The van der Waals surface area contributed by atoms with Crippen LogP contribution in [0.25, 0.3) is 0 Å². The highest BCUT2D eigenvalue weighted by Gasteiger charge is 2.01. The van der Waals surface area contributed by atoms with E-state index < -0.39 is 0 Å². The number of amides is 1. The van der Waals surface area contributed by atoms with Gasteiger partial charge in [0.15, 0.2) is 0 Å². The van der Waals surface area contributed by atoms with Crippen molar-refractivity contribution in [3.8, 4) is 0 Å². The molecule has 4 heteroatoms. The predicted octanol–water partition coefficient (Wildman–Crippen LogP) is 3.12. The molecule has 2 nitrogen and oxygen atoms in total. The Morgan fingerprint density at radius 3 is 2.60 bits per heavy atom. The molecule has 0 atom stereocenters. The van der Waals surface area contributed by atoms with Crippen molar-refractivity contribution in [2.24, 2.45) is 0 Å². The van der Waals surface area contributed by atoms with Crippen LogP contribution in [0.4, 0.5) is 5.69 Å². The highest BCUT2D eigenvalue weighted by Crippen LogP contribution is 2.11. The Balaban J connectivity index is 2.46. The molecule has 0 aliphatic rings. The van der Waals surface area contributed by atoms with Gasteiger partial charge in [0, 0.05) is 23.7 Å². The molecule has 0 bridgehead atoms. The van der Waals surface area contributed by atoms with Gasteiger partial charge in [-0.15, -0.1) is 11.6 Å². The Bertz CT molecular complexity index is 313. The van der Waals surface area contributed by atoms with Gasteiger partial charge in [-0.3, -0.25) is 4.79 Å². The molecule has 0 heterocycles. The largest absolute Gasteiger partial charge is 0.326 e. The number of hydrogen-bond acceptors (Lipinski definition) is 2. The maximum Gasteiger partial charge on any atom is 0.225 e. The van der Waals surface area contributed by atoms with Crippen LogP contribution in [0.15, 0.2) is 24.3 Å². The van der Waals surface area contributed by atoms with Crippen molar-refractivity contribution in [1.82, 2.24) is 0 Å². The van der Waals surface area contributed by atoms with Crippen molar-refractivity contribution in [2.45, 2.75) is 12.3 Å². The predicted molar refractivity (Wildman–Crippen MR) is 67.6 cm³/mol. The smallest absolute Gasteiger partial charge is 0.225 e. The van der Waals surface area contributed by atoms with E-state index in [-0.39, 0.29) is 5.91 Å². The van der Waals surface area contributed by atoms with E-state index in [1.165, 1.54) is 0 Å². The van der Waals surface area contributed by atoms with Crippen molar-refractivity contribution in [1.29, 1.82) is 0 Å². The number of thioether (sulfide) groups is 1. The van der Waals surface area contributed by atoms with Crippen LogP contribution in [0.3, 0.4) is 0 Å². The maximum absolute atomic E-state index is 11.4. The molecule has 0 saturated carbocycles. The highest BCUT2D eigenvalue weighted by atomic mass is 35.5. The second-order valence-electron chi connectivity index (χ2n) is 3.12. The first-order valence-corrected chi connectivity index (χ1v) is 6.63. The van der Waals surface area contributed by atoms with E-state index in [0.29, 0.717) is 12.3 Å². The third-order valence-electron chi connectivity index (χ3n) is 1.93. The van der Waals surface area contributed by atoms with E-state index in [4.69, 9.17) is 11.6 Å². The Kier molecular flexibility index (Phi) is 5.58. The molecule has 0 unspecified atom stereocenters. The lowest BCUT2D eigenvalue weighted by Gasteiger charge is -2.04. The van der Waals surface area contributed by atoms with Crippen LogP contribution in [-0.4, -0.2) is 17.9 Å². The molecule has 1 rings (SSSR count). The normalized spacial score (nSPS) is 10.0. The summed E-state index contributed by atoms with van der Waals surface area (Å²) in [6, 6.07) is 7.57. The molecule has 1 N–H and O–H groups in total. The van der Waals surface area contributed by atoms with Gasteiger partial charge in [0.05, 0.1) is 0 Å². The number of carbonyl (C=O) groups excluding carboxylic acids is 1. The zero-order chi connectivity index (χ0) is 11.1. The topological polar surface area (TPSA) is 29.1 Å². The zero-order valence-electron chi connectivity index (χ0n) is 8.63. The summed E-state index contributed by atoms with van der Waals surface area (Å²) in [4.78, 5) is 11.4. The number of anilines is 1. The van der Waals surface area contributed by atoms with Gasteiger partial charge in [0.25, 0.3) is 0 Å². The van der Waals surface area contributed by atoms with Gasteiger partial charge in [0.1, 0.15) is 0 Å². The number of carbonyl (C=O) groups is 1. The first kappa shape index (κ1) is 12.4. The highest BCUT2D eigenvalue weighted by molar-refractivity contribution is 7.98. The minimum Gasteiger partial charge on any atom is -0.326 e. The second-order valence-corrected chi connectivity index (χ2v) is 4.37. The summed E-state index contributed by atoms with van der Waals surface area (Å²) in [6.07, 6.45) is 2.54. The summed E-state index contributed by atoms with van der Waals surface area (Å²) in [5.41, 5.74) is 1.88. The lowest BCUT2D eigenvalue weighted by Crippen LogP contribution is -2.11. The average Bonchev–Trinajstić information content (AvgIpc) is 2.27. The third kappa shape index (κ3) is 4.58. The minimum atomic E-state index is 0.0583. The second kappa shape index (κ2) is 6.75. The Labute approximate surface area is 99.4 Å². The van der Waals surface area contributed by atoms with E-state index in [9.17, 15) is 4.79 Å². The number of halogens is 1. The monoisotopic (exact) mass is 243 g/mol.